The highest BCUT2D eigenvalue weighted by Crippen LogP contribution is 2.34. The van der Waals surface area contributed by atoms with E-state index in [4.69, 9.17) is 35.3 Å². The number of esters is 4. The minimum absolute atomic E-state index is 0.0910. The number of carbonyl (C=O) groups is 4. The normalized spacial score (nSPS) is 28.0. The van der Waals surface area contributed by atoms with Gasteiger partial charge in [-0.1, -0.05) is 0 Å². The van der Waals surface area contributed by atoms with E-state index in [0.29, 0.717) is 0 Å². The van der Waals surface area contributed by atoms with Crippen molar-refractivity contribution in [3.05, 3.63) is 0 Å². The number of hydrogen-bond acceptors (Lipinski definition) is 10. The summed E-state index contributed by atoms with van der Waals surface area (Å²) in [6.07, 6.45) is -4.32. The van der Waals surface area contributed by atoms with Gasteiger partial charge in [0.25, 0.3) is 0 Å². The van der Waals surface area contributed by atoms with Crippen LogP contribution in [-0.4, -0.2) is 65.5 Å². The molecule has 148 valence electrons. The van der Waals surface area contributed by atoms with Crippen LogP contribution in [0.4, 0.5) is 0 Å². The van der Waals surface area contributed by atoms with E-state index in [1.807, 2.05) is 0 Å². The van der Waals surface area contributed by atoms with E-state index in [9.17, 15) is 19.2 Å². The third-order valence-corrected chi connectivity index (χ3v) is 4.39. The minimum Gasteiger partial charge on any atom is -0.463 e. The fraction of sp³-hybridized carbons (Fsp3) is 0.733. The van der Waals surface area contributed by atoms with Gasteiger partial charge in [-0.3, -0.25) is 19.2 Å². The average Bonchev–Trinajstić information content (AvgIpc) is 2.50. The standard InChI is InChI=1S/C15H21ClO9S/c1-7(17)21-5-11-12(22-8(2)18)13(23-9(3)19)14(24-10(4)20)15(25-11)26-6-16/h11-15H,5-6H2,1-4H3/t11-,12-,13+,14+,15+/m1/s1. The summed E-state index contributed by atoms with van der Waals surface area (Å²) in [6.45, 7) is 4.46. The Labute approximate surface area is 159 Å². The van der Waals surface area contributed by atoms with E-state index >= 15 is 0 Å². The van der Waals surface area contributed by atoms with E-state index in [-0.39, 0.29) is 11.8 Å². The lowest BCUT2D eigenvalue weighted by Crippen LogP contribution is -2.61. The predicted octanol–water partition coefficient (Wildman–Crippen LogP) is 0.999. The molecule has 9 nitrogen and oxygen atoms in total. The van der Waals surface area contributed by atoms with Gasteiger partial charge in [0.1, 0.15) is 18.1 Å². The molecule has 0 aromatic rings. The molecule has 11 heteroatoms. The number of thioether (sulfide) groups is 1. The molecule has 0 N–H and O–H groups in total. The van der Waals surface area contributed by atoms with Crippen molar-refractivity contribution in [3.63, 3.8) is 0 Å². The first-order valence-corrected chi connectivity index (χ1v) is 9.22. The molecule has 0 aromatic heterocycles. The maximum atomic E-state index is 11.5. The molecule has 1 rings (SSSR count). The highest BCUT2D eigenvalue weighted by molar-refractivity contribution is 8.00. The Hall–Kier alpha value is -1.52. The van der Waals surface area contributed by atoms with Crippen LogP contribution in [-0.2, 0) is 42.9 Å². The highest BCUT2D eigenvalue weighted by atomic mass is 35.5. The zero-order valence-corrected chi connectivity index (χ0v) is 16.3. The first-order chi connectivity index (χ1) is 12.1. The van der Waals surface area contributed by atoms with Gasteiger partial charge < -0.3 is 23.7 Å². The predicted molar refractivity (Wildman–Crippen MR) is 90.3 cm³/mol. The molecule has 1 fully saturated rings. The minimum atomic E-state index is -1.16. The molecule has 5 atom stereocenters. The maximum Gasteiger partial charge on any atom is 0.303 e. The Kier molecular flexibility index (Phi) is 9.17. The molecule has 1 saturated heterocycles. The second-order valence-corrected chi connectivity index (χ2v) is 7.01. The van der Waals surface area contributed by atoms with Gasteiger partial charge in [-0.15, -0.1) is 23.4 Å². The zero-order chi connectivity index (χ0) is 19.9. The van der Waals surface area contributed by atoms with Crippen LogP contribution in [0.25, 0.3) is 0 Å². The zero-order valence-electron chi connectivity index (χ0n) is 14.8. The number of rotatable bonds is 7. The van der Waals surface area contributed by atoms with Crippen molar-refractivity contribution in [2.75, 3.05) is 11.8 Å². The molecule has 0 amide bonds. The van der Waals surface area contributed by atoms with Crippen LogP contribution >= 0.6 is 23.4 Å². The van der Waals surface area contributed by atoms with Crippen molar-refractivity contribution in [1.29, 1.82) is 0 Å². The molecule has 0 unspecified atom stereocenters. The number of alkyl halides is 1. The topological polar surface area (TPSA) is 114 Å². The first-order valence-electron chi connectivity index (χ1n) is 7.63. The third-order valence-electron chi connectivity index (χ3n) is 3.18. The number of ether oxygens (including phenoxy) is 5. The van der Waals surface area contributed by atoms with Crippen LogP contribution in [0.3, 0.4) is 0 Å². The molecule has 1 heterocycles. The van der Waals surface area contributed by atoms with E-state index in [0.717, 1.165) is 25.6 Å². The van der Waals surface area contributed by atoms with Gasteiger partial charge in [0.2, 0.25) is 0 Å². The van der Waals surface area contributed by atoms with Crippen LogP contribution in [0, 0.1) is 0 Å². The van der Waals surface area contributed by atoms with Crippen LogP contribution in [0.1, 0.15) is 27.7 Å². The van der Waals surface area contributed by atoms with Gasteiger partial charge in [0.15, 0.2) is 18.3 Å². The Morgan fingerprint density at radius 1 is 0.846 bits per heavy atom. The Morgan fingerprint density at radius 3 is 1.81 bits per heavy atom. The van der Waals surface area contributed by atoms with Crippen LogP contribution in [0.15, 0.2) is 0 Å². The number of hydrogen-bond donors (Lipinski definition) is 0. The van der Waals surface area contributed by atoms with Crippen molar-refractivity contribution in [1.82, 2.24) is 0 Å². The van der Waals surface area contributed by atoms with Gasteiger partial charge in [-0.05, 0) is 0 Å². The fourth-order valence-corrected chi connectivity index (χ4v) is 3.50. The summed E-state index contributed by atoms with van der Waals surface area (Å²) in [5.74, 6) is -2.56. The lowest BCUT2D eigenvalue weighted by atomic mass is 9.99. The molecule has 0 aliphatic carbocycles. The van der Waals surface area contributed by atoms with Crippen molar-refractivity contribution in [2.45, 2.75) is 57.5 Å². The smallest absolute Gasteiger partial charge is 0.303 e. The molecule has 0 spiro atoms. The highest BCUT2D eigenvalue weighted by Gasteiger charge is 2.52. The molecule has 0 saturated carbocycles. The monoisotopic (exact) mass is 412 g/mol. The number of carbonyl (C=O) groups excluding carboxylic acids is 4. The van der Waals surface area contributed by atoms with Crippen molar-refractivity contribution < 1.29 is 42.9 Å². The lowest BCUT2D eigenvalue weighted by Gasteiger charge is -2.44. The lowest BCUT2D eigenvalue weighted by molar-refractivity contribution is -0.237. The van der Waals surface area contributed by atoms with Gasteiger partial charge in [0, 0.05) is 27.7 Å². The maximum absolute atomic E-state index is 11.5. The van der Waals surface area contributed by atoms with Crippen molar-refractivity contribution >= 4 is 47.2 Å². The molecule has 0 radical (unpaired) electrons. The average molecular weight is 413 g/mol. The van der Waals surface area contributed by atoms with E-state index in [2.05, 4.69) is 0 Å². The van der Waals surface area contributed by atoms with E-state index in [1.165, 1.54) is 13.8 Å². The molecular formula is C15H21ClO9S. The summed E-state index contributed by atoms with van der Waals surface area (Å²) in [7, 11) is 0. The quantitative estimate of drug-likeness (QED) is 0.340. The molecule has 1 aliphatic rings. The van der Waals surface area contributed by atoms with Crippen molar-refractivity contribution in [2.24, 2.45) is 0 Å². The summed E-state index contributed by atoms with van der Waals surface area (Å²) >= 11 is 6.84. The third kappa shape index (κ3) is 7.00. The summed E-state index contributed by atoms with van der Waals surface area (Å²) in [5, 5.41) is 0.0910. The van der Waals surface area contributed by atoms with Gasteiger partial charge in [0.05, 0.1) is 5.21 Å². The van der Waals surface area contributed by atoms with Crippen LogP contribution in [0.5, 0.6) is 0 Å². The largest absolute Gasteiger partial charge is 0.463 e. The SMILES string of the molecule is CC(=O)OC[C@H]1O[C@@H](SCCl)[C@@H](OC(C)=O)[C@@H](OC(C)=O)[C@@H]1OC(C)=O. The summed E-state index contributed by atoms with van der Waals surface area (Å²) in [4.78, 5) is 45.7. The van der Waals surface area contributed by atoms with E-state index < -0.39 is 53.7 Å². The molecular weight excluding hydrogens is 392 g/mol. The molecule has 0 aromatic carbocycles. The van der Waals surface area contributed by atoms with Crippen LogP contribution in [0.2, 0.25) is 0 Å². The first kappa shape index (κ1) is 22.5. The fourth-order valence-electron chi connectivity index (χ4n) is 2.38. The summed E-state index contributed by atoms with van der Waals surface area (Å²) < 4.78 is 26.4. The molecule has 0 bridgehead atoms. The second-order valence-electron chi connectivity index (χ2n) is 5.34. The van der Waals surface area contributed by atoms with Crippen molar-refractivity contribution in [3.8, 4) is 0 Å². The van der Waals surface area contributed by atoms with Crippen LogP contribution < -0.4 is 0 Å². The number of halogens is 1. The molecule has 1 aliphatic heterocycles. The summed E-state index contributed by atoms with van der Waals surface area (Å²) in [6, 6.07) is 0. The van der Waals surface area contributed by atoms with Gasteiger partial charge in [-0.2, -0.15) is 0 Å². The second kappa shape index (κ2) is 10.6. The summed E-state index contributed by atoms with van der Waals surface area (Å²) in [5.41, 5.74) is -0.826. The Morgan fingerprint density at radius 2 is 1.35 bits per heavy atom. The van der Waals surface area contributed by atoms with Gasteiger partial charge in [-0.25, -0.2) is 0 Å². The Bertz CT molecular complexity index is 541. The van der Waals surface area contributed by atoms with E-state index in [1.54, 1.807) is 0 Å². The van der Waals surface area contributed by atoms with Gasteiger partial charge >= 0.3 is 23.9 Å². The molecule has 26 heavy (non-hydrogen) atoms. The Balaban J connectivity index is 3.22.